The van der Waals surface area contributed by atoms with E-state index in [0.29, 0.717) is 0 Å². The highest BCUT2D eigenvalue weighted by atomic mass is 16.3. The second kappa shape index (κ2) is 4.28. The molecule has 2 aromatic rings. The fraction of sp³-hybridized carbons (Fsp3) is 0.500. The third-order valence-corrected chi connectivity index (χ3v) is 3.74. The Hall–Kier alpha value is -1.55. The van der Waals surface area contributed by atoms with Crippen LogP contribution in [0.1, 0.15) is 26.2 Å². The number of para-hydroxylation sites is 2. The molecule has 1 aliphatic heterocycles. The molecule has 0 spiro atoms. The van der Waals surface area contributed by atoms with Crippen molar-refractivity contribution in [1.82, 2.24) is 9.97 Å². The summed E-state index contributed by atoms with van der Waals surface area (Å²) in [6.45, 7) is 3.73. The molecule has 1 fully saturated rings. The van der Waals surface area contributed by atoms with Crippen LogP contribution >= 0.6 is 0 Å². The number of rotatable bonds is 1. The predicted octanol–water partition coefficient (Wildman–Crippen LogP) is 2.30. The summed E-state index contributed by atoms with van der Waals surface area (Å²) in [5, 5.41) is 10.1. The second-order valence-corrected chi connectivity index (χ2v) is 5.42. The SMILES string of the molecule is CC1(O)CCCN(c2nc3ccccc3[nH]2)CC1. The quantitative estimate of drug-likeness (QED) is 0.810. The maximum atomic E-state index is 10.1. The van der Waals surface area contributed by atoms with Crippen LogP contribution < -0.4 is 4.90 Å². The van der Waals surface area contributed by atoms with Crippen molar-refractivity contribution in [2.75, 3.05) is 18.0 Å². The Kier molecular flexibility index (Phi) is 2.74. The van der Waals surface area contributed by atoms with Crippen LogP contribution in [0.3, 0.4) is 0 Å². The molecule has 4 heteroatoms. The molecule has 0 radical (unpaired) electrons. The summed E-state index contributed by atoms with van der Waals surface area (Å²) in [7, 11) is 0. The van der Waals surface area contributed by atoms with Crippen LogP contribution in [0.2, 0.25) is 0 Å². The average Bonchev–Trinajstić information content (AvgIpc) is 2.68. The molecule has 1 aliphatic rings. The summed E-state index contributed by atoms with van der Waals surface area (Å²) in [6, 6.07) is 8.07. The molecule has 1 aromatic carbocycles. The molecular weight excluding hydrogens is 226 g/mol. The topological polar surface area (TPSA) is 52.1 Å². The van der Waals surface area contributed by atoms with Gasteiger partial charge in [-0.2, -0.15) is 0 Å². The lowest BCUT2D eigenvalue weighted by molar-refractivity contribution is 0.0481. The molecule has 0 aliphatic carbocycles. The Balaban J connectivity index is 1.85. The summed E-state index contributed by atoms with van der Waals surface area (Å²) in [6.07, 6.45) is 2.66. The van der Waals surface area contributed by atoms with Gasteiger partial charge in [0.05, 0.1) is 16.6 Å². The molecule has 0 amide bonds. The Morgan fingerprint density at radius 1 is 1.28 bits per heavy atom. The highest BCUT2D eigenvalue weighted by Gasteiger charge is 2.25. The van der Waals surface area contributed by atoms with E-state index in [-0.39, 0.29) is 0 Å². The van der Waals surface area contributed by atoms with Crippen molar-refractivity contribution in [2.45, 2.75) is 31.8 Å². The van der Waals surface area contributed by atoms with Crippen LogP contribution in [0, 0.1) is 0 Å². The van der Waals surface area contributed by atoms with E-state index < -0.39 is 5.60 Å². The highest BCUT2D eigenvalue weighted by Crippen LogP contribution is 2.25. The second-order valence-electron chi connectivity index (χ2n) is 5.42. The van der Waals surface area contributed by atoms with E-state index in [1.165, 1.54) is 0 Å². The molecular formula is C14H19N3O. The van der Waals surface area contributed by atoms with E-state index in [0.717, 1.165) is 49.3 Å². The zero-order chi connectivity index (χ0) is 12.6. The molecule has 1 saturated heterocycles. The van der Waals surface area contributed by atoms with Crippen molar-refractivity contribution in [1.29, 1.82) is 0 Å². The Labute approximate surface area is 107 Å². The van der Waals surface area contributed by atoms with E-state index >= 15 is 0 Å². The normalized spacial score (nSPS) is 25.3. The number of aliphatic hydroxyl groups is 1. The molecule has 2 N–H and O–H groups in total. The van der Waals surface area contributed by atoms with Crippen LogP contribution in [-0.2, 0) is 0 Å². The summed E-state index contributed by atoms with van der Waals surface area (Å²) >= 11 is 0. The van der Waals surface area contributed by atoms with Crippen molar-refractivity contribution in [3.8, 4) is 0 Å². The molecule has 0 bridgehead atoms. The molecule has 0 saturated carbocycles. The minimum atomic E-state index is -0.527. The van der Waals surface area contributed by atoms with Gasteiger partial charge >= 0.3 is 0 Å². The third-order valence-electron chi connectivity index (χ3n) is 3.74. The monoisotopic (exact) mass is 245 g/mol. The number of imidazole rings is 1. The van der Waals surface area contributed by atoms with E-state index in [1.807, 2.05) is 31.2 Å². The Morgan fingerprint density at radius 2 is 2.11 bits per heavy atom. The number of hydrogen-bond donors (Lipinski definition) is 2. The molecule has 1 atom stereocenters. The lowest BCUT2D eigenvalue weighted by Crippen LogP contribution is -2.28. The Morgan fingerprint density at radius 3 is 2.94 bits per heavy atom. The van der Waals surface area contributed by atoms with Crippen molar-refractivity contribution >= 4 is 17.0 Å². The van der Waals surface area contributed by atoms with Crippen LogP contribution in [0.4, 0.5) is 5.95 Å². The first-order chi connectivity index (χ1) is 8.64. The van der Waals surface area contributed by atoms with Gasteiger partial charge in [0.15, 0.2) is 0 Å². The zero-order valence-electron chi connectivity index (χ0n) is 10.7. The smallest absolute Gasteiger partial charge is 0.203 e. The lowest BCUT2D eigenvalue weighted by atomic mass is 9.98. The van der Waals surface area contributed by atoms with Crippen LogP contribution in [0.5, 0.6) is 0 Å². The summed E-state index contributed by atoms with van der Waals surface area (Å²) < 4.78 is 0. The van der Waals surface area contributed by atoms with Crippen molar-refractivity contribution in [2.24, 2.45) is 0 Å². The molecule has 96 valence electrons. The predicted molar refractivity (Wildman–Crippen MR) is 72.8 cm³/mol. The summed E-state index contributed by atoms with van der Waals surface area (Å²) in [5.74, 6) is 0.925. The van der Waals surface area contributed by atoms with Crippen molar-refractivity contribution in [3.63, 3.8) is 0 Å². The molecule has 1 unspecified atom stereocenters. The fourth-order valence-corrected chi connectivity index (χ4v) is 2.56. The molecule has 2 heterocycles. The fourth-order valence-electron chi connectivity index (χ4n) is 2.56. The largest absolute Gasteiger partial charge is 0.390 e. The highest BCUT2D eigenvalue weighted by molar-refractivity contribution is 5.77. The van der Waals surface area contributed by atoms with Crippen LogP contribution in [0.25, 0.3) is 11.0 Å². The van der Waals surface area contributed by atoms with Gasteiger partial charge in [-0.15, -0.1) is 0 Å². The minimum Gasteiger partial charge on any atom is -0.390 e. The first-order valence-electron chi connectivity index (χ1n) is 6.56. The maximum Gasteiger partial charge on any atom is 0.203 e. The number of nitrogens with zero attached hydrogens (tertiary/aromatic N) is 2. The maximum absolute atomic E-state index is 10.1. The number of nitrogens with one attached hydrogen (secondary N) is 1. The summed E-state index contributed by atoms with van der Waals surface area (Å²) in [5.41, 5.74) is 1.55. The molecule has 3 rings (SSSR count). The molecule has 18 heavy (non-hydrogen) atoms. The Bertz CT molecular complexity index is 514. The van der Waals surface area contributed by atoms with E-state index in [2.05, 4.69) is 14.9 Å². The van der Waals surface area contributed by atoms with E-state index in [1.54, 1.807) is 0 Å². The van der Waals surface area contributed by atoms with Crippen LogP contribution in [-0.4, -0.2) is 33.8 Å². The van der Waals surface area contributed by atoms with Gasteiger partial charge in [-0.3, -0.25) is 0 Å². The number of anilines is 1. The van der Waals surface area contributed by atoms with Gasteiger partial charge in [0.2, 0.25) is 5.95 Å². The van der Waals surface area contributed by atoms with E-state index in [9.17, 15) is 5.11 Å². The van der Waals surface area contributed by atoms with E-state index in [4.69, 9.17) is 0 Å². The number of benzene rings is 1. The standard InChI is InChI=1S/C14H19N3O/c1-14(18)7-4-9-17(10-8-14)13-15-11-5-2-3-6-12(11)16-13/h2-3,5-6,18H,4,7-10H2,1H3,(H,15,16). The third kappa shape index (κ3) is 2.20. The molecule has 1 aromatic heterocycles. The lowest BCUT2D eigenvalue weighted by Gasteiger charge is -2.21. The van der Waals surface area contributed by atoms with Gasteiger partial charge in [-0.05, 0) is 38.3 Å². The summed E-state index contributed by atoms with van der Waals surface area (Å²) in [4.78, 5) is 10.2. The number of fused-ring (bicyclic) bond motifs is 1. The van der Waals surface area contributed by atoms with Crippen molar-refractivity contribution in [3.05, 3.63) is 24.3 Å². The number of H-pyrrole nitrogens is 1. The minimum absolute atomic E-state index is 0.527. The van der Waals surface area contributed by atoms with Gasteiger partial charge in [-0.1, -0.05) is 12.1 Å². The van der Waals surface area contributed by atoms with Gasteiger partial charge in [0.1, 0.15) is 0 Å². The van der Waals surface area contributed by atoms with Crippen LogP contribution in [0.15, 0.2) is 24.3 Å². The van der Waals surface area contributed by atoms with Gasteiger partial charge < -0.3 is 15.0 Å². The molecule has 4 nitrogen and oxygen atoms in total. The zero-order valence-corrected chi connectivity index (χ0v) is 10.7. The first kappa shape index (κ1) is 11.5. The number of aromatic amines is 1. The number of hydrogen-bond acceptors (Lipinski definition) is 3. The average molecular weight is 245 g/mol. The van der Waals surface area contributed by atoms with Crippen molar-refractivity contribution < 1.29 is 5.11 Å². The van der Waals surface area contributed by atoms with Gasteiger partial charge in [-0.25, -0.2) is 4.98 Å². The van der Waals surface area contributed by atoms with Gasteiger partial charge in [0.25, 0.3) is 0 Å². The number of aromatic nitrogens is 2. The first-order valence-corrected chi connectivity index (χ1v) is 6.56. The van der Waals surface area contributed by atoms with Gasteiger partial charge in [0, 0.05) is 13.1 Å².